The fourth-order valence-electron chi connectivity index (χ4n) is 2.69. The summed E-state index contributed by atoms with van der Waals surface area (Å²) in [5.74, 6) is 0.913. The molecule has 7 heteroatoms. The monoisotopic (exact) mass is 333 g/mol. The molecule has 3 amide bonds. The first-order chi connectivity index (χ1) is 10.9. The third-order valence-electron chi connectivity index (χ3n) is 4.19. The number of carbonyl (C=O) groups is 3. The molecule has 122 valence electrons. The number of anilines is 2. The Morgan fingerprint density at radius 2 is 2.13 bits per heavy atom. The highest BCUT2D eigenvalue weighted by Crippen LogP contribution is 2.38. The van der Waals surface area contributed by atoms with Crippen molar-refractivity contribution in [2.75, 3.05) is 22.1 Å². The molecule has 2 aliphatic heterocycles. The Bertz CT molecular complexity index is 687. The number of thioether (sulfide) groups is 1. The number of fused-ring (bicyclic) bond motifs is 1. The van der Waals surface area contributed by atoms with Crippen LogP contribution in [0.3, 0.4) is 0 Å². The van der Waals surface area contributed by atoms with E-state index in [-0.39, 0.29) is 17.7 Å². The van der Waals surface area contributed by atoms with Gasteiger partial charge in [-0.3, -0.25) is 14.4 Å². The van der Waals surface area contributed by atoms with Crippen LogP contribution in [0.2, 0.25) is 0 Å². The predicted molar refractivity (Wildman–Crippen MR) is 90.6 cm³/mol. The minimum absolute atomic E-state index is 0.0524. The van der Waals surface area contributed by atoms with Crippen LogP contribution in [0.25, 0.3) is 0 Å². The topological polar surface area (TPSA) is 87.3 Å². The molecule has 0 spiro atoms. The van der Waals surface area contributed by atoms with Crippen molar-refractivity contribution in [3.8, 4) is 0 Å². The number of hydrogen-bond acceptors (Lipinski definition) is 4. The molecule has 0 unspecified atom stereocenters. The van der Waals surface area contributed by atoms with Crippen molar-refractivity contribution >= 4 is 40.9 Å². The molecule has 1 saturated heterocycles. The molecule has 2 aliphatic rings. The van der Waals surface area contributed by atoms with Crippen LogP contribution in [0.4, 0.5) is 11.4 Å². The summed E-state index contributed by atoms with van der Waals surface area (Å²) in [5.41, 5.74) is 1.64. The highest BCUT2D eigenvalue weighted by atomic mass is 32.2. The molecule has 1 fully saturated rings. The summed E-state index contributed by atoms with van der Waals surface area (Å²) in [5, 5.41) is 8.41. The Labute approximate surface area is 138 Å². The lowest BCUT2D eigenvalue weighted by atomic mass is 9.86. The van der Waals surface area contributed by atoms with Gasteiger partial charge in [0.1, 0.15) is 6.04 Å². The standard InChI is InChI=1S/C16H19N3O3S/c1-16(2)10-7-9(3-4-11(10)19-15(16)22)17-14(21)12-8-23-6-5-13(20)18-12/h3-4,7,12H,5-6,8H2,1-2H3,(H,17,21)(H,18,20)(H,19,22)/t12-/m0/s1. The third kappa shape index (κ3) is 3.06. The summed E-state index contributed by atoms with van der Waals surface area (Å²) < 4.78 is 0. The van der Waals surface area contributed by atoms with Crippen LogP contribution in [-0.2, 0) is 19.8 Å². The quantitative estimate of drug-likeness (QED) is 0.765. The van der Waals surface area contributed by atoms with Crippen molar-refractivity contribution in [2.45, 2.75) is 31.7 Å². The smallest absolute Gasteiger partial charge is 0.247 e. The van der Waals surface area contributed by atoms with E-state index in [0.717, 1.165) is 17.0 Å². The Hall–Kier alpha value is -2.02. The van der Waals surface area contributed by atoms with Crippen LogP contribution in [0, 0.1) is 0 Å². The first-order valence-electron chi connectivity index (χ1n) is 7.52. The van der Waals surface area contributed by atoms with Gasteiger partial charge in [-0.15, -0.1) is 0 Å². The fourth-order valence-corrected chi connectivity index (χ4v) is 3.66. The molecule has 1 aromatic carbocycles. The average Bonchev–Trinajstić information content (AvgIpc) is 2.67. The highest BCUT2D eigenvalue weighted by Gasteiger charge is 2.38. The number of amides is 3. The van der Waals surface area contributed by atoms with Gasteiger partial charge in [0, 0.05) is 29.3 Å². The van der Waals surface area contributed by atoms with E-state index < -0.39 is 11.5 Å². The van der Waals surface area contributed by atoms with E-state index in [1.807, 2.05) is 19.9 Å². The summed E-state index contributed by atoms with van der Waals surface area (Å²) in [7, 11) is 0. The molecule has 0 saturated carbocycles. The summed E-state index contributed by atoms with van der Waals surface area (Å²) in [6, 6.07) is 4.83. The van der Waals surface area contributed by atoms with Gasteiger partial charge in [-0.25, -0.2) is 0 Å². The maximum Gasteiger partial charge on any atom is 0.247 e. The summed E-state index contributed by atoms with van der Waals surface area (Å²) in [6.45, 7) is 3.70. The zero-order chi connectivity index (χ0) is 16.6. The van der Waals surface area contributed by atoms with Crippen molar-refractivity contribution in [3.63, 3.8) is 0 Å². The zero-order valence-corrected chi connectivity index (χ0v) is 13.9. The lowest BCUT2D eigenvalue weighted by Gasteiger charge is -2.18. The van der Waals surface area contributed by atoms with Gasteiger partial charge in [-0.1, -0.05) is 0 Å². The molecule has 23 heavy (non-hydrogen) atoms. The molecule has 6 nitrogen and oxygen atoms in total. The van der Waals surface area contributed by atoms with Gasteiger partial charge >= 0.3 is 0 Å². The molecule has 0 radical (unpaired) electrons. The Balaban J connectivity index is 1.76. The predicted octanol–water partition coefficient (Wildman–Crippen LogP) is 1.48. The normalized spacial score (nSPS) is 22.6. The molecule has 1 aromatic rings. The van der Waals surface area contributed by atoms with Crippen LogP contribution >= 0.6 is 11.8 Å². The van der Waals surface area contributed by atoms with Crippen LogP contribution in [0.5, 0.6) is 0 Å². The molecule has 1 atom stereocenters. The van der Waals surface area contributed by atoms with Crippen molar-refractivity contribution in [2.24, 2.45) is 0 Å². The average molecular weight is 333 g/mol. The highest BCUT2D eigenvalue weighted by molar-refractivity contribution is 7.99. The molecule has 0 aliphatic carbocycles. The second kappa shape index (κ2) is 5.88. The third-order valence-corrected chi connectivity index (χ3v) is 5.25. The number of benzene rings is 1. The van der Waals surface area contributed by atoms with Crippen LogP contribution in [0.1, 0.15) is 25.8 Å². The summed E-state index contributed by atoms with van der Waals surface area (Å²) in [6.07, 6.45) is 0.440. The number of carbonyl (C=O) groups excluding carboxylic acids is 3. The lowest BCUT2D eigenvalue weighted by Crippen LogP contribution is -2.44. The van der Waals surface area contributed by atoms with E-state index in [1.54, 1.807) is 23.9 Å². The van der Waals surface area contributed by atoms with Gasteiger partial charge in [0.2, 0.25) is 17.7 Å². The van der Waals surface area contributed by atoms with E-state index in [9.17, 15) is 14.4 Å². The van der Waals surface area contributed by atoms with Gasteiger partial charge in [0.05, 0.1) is 5.41 Å². The van der Waals surface area contributed by atoms with Gasteiger partial charge < -0.3 is 16.0 Å². The Kier molecular flexibility index (Phi) is 4.06. The van der Waals surface area contributed by atoms with Crippen molar-refractivity contribution < 1.29 is 14.4 Å². The largest absolute Gasteiger partial charge is 0.343 e. The van der Waals surface area contributed by atoms with Gasteiger partial charge in [0.15, 0.2) is 0 Å². The summed E-state index contributed by atoms with van der Waals surface area (Å²) >= 11 is 1.59. The maximum atomic E-state index is 12.4. The number of rotatable bonds is 2. The molecule has 0 bridgehead atoms. The van der Waals surface area contributed by atoms with E-state index >= 15 is 0 Å². The van der Waals surface area contributed by atoms with Crippen molar-refractivity contribution in [1.82, 2.24) is 5.32 Å². The van der Waals surface area contributed by atoms with Crippen molar-refractivity contribution in [1.29, 1.82) is 0 Å². The Morgan fingerprint density at radius 1 is 1.35 bits per heavy atom. The van der Waals surface area contributed by atoms with Gasteiger partial charge in [0.25, 0.3) is 0 Å². The van der Waals surface area contributed by atoms with E-state index in [4.69, 9.17) is 0 Å². The van der Waals surface area contributed by atoms with Gasteiger partial charge in [-0.2, -0.15) is 11.8 Å². The van der Waals surface area contributed by atoms with E-state index in [0.29, 0.717) is 17.9 Å². The second-order valence-electron chi connectivity index (χ2n) is 6.27. The minimum atomic E-state index is -0.623. The van der Waals surface area contributed by atoms with Crippen LogP contribution in [0.15, 0.2) is 18.2 Å². The molecule has 3 rings (SSSR count). The zero-order valence-electron chi connectivity index (χ0n) is 13.1. The number of nitrogens with one attached hydrogen (secondary N) is 3. The van der Waals surface area contributed by atoms with Crippen molar-refractivity contribution in [3.05, 3.63) is 23.8 Å². The van der Waals surface area contributed by atoms with Gasteiger partial charge in [-0.05, 0) is 37.6 Å². The molecule has 2 heterocycles. The molecular formula is C16H19N3O3S. The first-order valence-corrected chi connectivity index (χ1v) is 8.67. The summed E-state index contributed by atoms with van der Waals surface area (Å²) in [4.78, 5) is 35.9. The molecular weight excluding hydrogens is 314 g/mol. The fraction of sp³-hybridized carbons (Fsp3) is 0.438. The number of hydrogen-bond donors (Lipinski definition) is 3. The molecule has 0 aromatic heterocycles. The van der Waals surface area contributed by atoms with E-state index in [2.05, 4.69) is 16.0 Å². The molecule has 3 N–H and O–H groups in total. The van der Waals surface area contributed by atoms with Crippen LogP contribution in [-0.4, -0.2) is 35.3 Å². The Morgan fingerprint density at radius 3 is 2.91 bits per heavy atom. The SMILES string of the molecule is CC1(C)C(=O)Nc2ccc(NC(=O)[C@@H]3CSCCC(=O)N3)cc21. The van der Waals surface area contributed by atoms with Crippen LogP contribution < -0.4 is 16.0 Å². The van der Waals surface area contributed by atoms with E-state index in [1.165, 1.54) is 0 Å². The first kappa shape index (κ1) is 15.9. The maximum absolute atomic E-state index is 12.4. The second-order valence-corrected chi connectivity index (χ2v) is 7.42. The minimum Gasteiger partial charge on any atom is -0.343 e. The lowest BCUT2D eigenvalue weighted by molar-refractivity contribution is -0.125.